The van der Waals surface area contributed by atoms with Crippen LogP contribution in [0, 0.1) is 6.92 Å². The molecule has 1 nitrogen and oxygen atoms in total. The fourth-order valence-electron chi connectivity index (χ4n) is 2.51. The predicted molar refractivity (Wildman–Crippen MR) is 100 cm³/mol. The number of hydrogen-bond donors (Lipinski definition) is 1. The Hall–Kier alpha value is -2.02. The Labute approximate surface area is 136 Å². The largest absolute Gasteiger partial charge is 0.356 e. The van der Waals surface area contributed by atoms with E-state index in [0.29, 0.717) is 0 Å². The molecule has 0 saturated carbocycles. The van der Waals surface area contributed by atoms with Gasteiger partial charge < -0.3 is 5.32 Å². The van der Waals surface area contributed by atoms with E-state index in [9.17, 15) is 0 Å². The summed E-state index contributed by atoms with van der Waals surface area (Å²) in [4.78, 5) is 0. The van der Waals surface area contributed by atoms with Crippen LogP contribution in [0.5, 0.6) is 0 Å². The average Bonchev–Trinajstić information content (AvgIpc) is 2.54. The summed E-state index contributed by atoms with van der Waals surface area (Å²) in [6.45, 7) is 8.49. The van der Waals surface area contributed by atoms with Crippen molar-refractivity contribution in [3.8, 4) is 0 Å². The lowest BCUT2D eigenvalue weighted by Crippen LogP contribution is -1.97. The third-order valence-corrected chi connectivity index (χ3v) is 3.97. The minimum Gasteiger partial charge on any atom is -0.356 e. The molecular formula is C21H29N. The van der Waals surface area contributed by atoms with Crippen LogP contribution in [0.1, 0.15) is 50.7 Å². The van der Waals surface area contributed by atoms with E-state index in [0.717, 1.165) is 16.9 Å². The Morgan fingerprint density at radius 2 is 1.64 bits per heavy atom. The van der Waals surface area contributed by atoms with Crippen LogP contribution in [-0.4, -0.2) is 0 Å². The number of anilines is 1. The summed E-state index contributed by atoms with van der Waals surface area (Å²) >= 11 is 0. The molecule has 0 aliphatic heterocycles. The van der Waals surface area contributed by atoms with Crippen LogP contribution in [0.3, 0.4) is 0 Å². The van der Waals surface area contributed by atoms with E-state index in [-0.39, 0.29) is 1.43 Å². The first-order valence-corrected chi connectivity index (χ1v) is 8.31. The van der Waals surface area contributed by atoms with Crippen LogP contribution < -0.4 is 5.32 Å². The van der Waals surface area contributed by atoms with Crippen LogP contribution in [0.4, 0.5) is 5.69 Å². The van der Waals surface area contributed by atoms with E-state index in [1.807, 2.05) is 0 Å². The molecule has 118 valence electrons. The fourth-order valence-corrected chi connectivity index (χ4v) is 2.51. The van der Waals surface area contributed by atoms with Gasteiger partial charge in [0.25, 0.3) is 0 Å². The monoisotopic (exact) mass is 295 g/mol. The Balaban J connectivity index is 0.00000264. The molecule has 0 aliphatic rings. The summed E-state index contributed by atoms with van der Waals surface area (Å²) in [6, 6.07) is 17.2. The molecule has 0 saturated heterocycles. The molecule has 22 heavy (non-hydrogen) atoms. The van der Waals surface area contributed by atoms with Gasteiger partial charge in [-0.15, -0.1) is 0 Å². The van der Waals surface area contributed by atoms with Crippen LogP contribution in [0.25, 0.3) is 5.70 Å². The first kappa shape index (κ1) is 16.4. The third kappa shape index (κ3) is 5.07. The SMILES string of the molecule is C=C(Nc1ccc(C)cc1)c1ccc(CCCCCC)cc1.[HH]. The van der Waals surface area contributed by atoms with E-state index < -0.39 is 0 Å². The maximum atomic E-state index is 4.15. The summed E-state index contributed by atoms with van der Waals surface area (Å²) < 4.78 is 0. The number of benzene rings is 2. The lowest BCUT2D eigenvalue weighted by molar-refractivity contribution is 0.667. The second-order valence-corrected chi connectivity index (χ2v) is 5.98. The standard InChI is InChI=1S/C21H27N.H2/c1-4-5-6-7-8-19-11-13-20(14-12-19)18(3)22-21-15-9-17(2)10-16-21;/h9-16,22H,3-8H2,1-2H3;1H. The number of hydrogen-bond acceptors (Lipinski definition) is 1. The van der Waals surface area contributed by atoms with Gasteiger partial charge in [0.15, 0.2) is 0 Å². The Bertz CT molecular complexity index is 584. The molecule has 2 rings (SSSR count). The molecule has 0 aliphatic carbocycles. The lowest BCUT2D eigenvalue weighted by atomic mass is 10.0. The van der Waals surface area contributed by atoms with Gasteiger partial charge in [-0.25, -0.2) is 0 Å². The molecule has 0 atom stereocenters. The van der Waals surface area contributed by atoms with Gasteiger partial charge >= 0.3 is 0 Å². The molecule has 0 bridgehead atoms. The van der Waals surface area contributed by atoms with Gasteiger partial charge in [0.1, 0.15) is 0 Å². The quantitative estimate of drug-likeness (QED) is 0.552. The number of rotatable bonds is 8. The molecule has 0 radical (unpaired) electrons. The normalized spacial score (nSPS) is 10.5. The predicted octanol–water partition coefficient (Wildman–Crippen LogP) is 6.45. The van der Waals surface area contributed by atoms with Crippen LogP contribution >= 0.6 is 0 Å². The molecule has 1 N–H and O–H groups in total. The van der Waals surface area contributed by atoms with Gasteiger partial charge in [-0.3, -0.25) is 0 Å². The van der Waals surface area contributed by atoms with Gasteiger partial charge in [-0.2, -0.15) is 0 Å². The van der Waals surface area contributed by atoms with Crippen molar-refractivity contribution in [2.45, 2.75) is 46.0 Å². The fraction of sp³-hybridized carbons (Fsp3) is 0.333. The maximum Gasteiger partial charge on any atom is 0.0384 e. The Kier molecular flexibility index (Phi) is 6.27. The second-order valence-electron chi connectivity index (χ2n) is 5.98. The summed E-state index contributed by atoms with van der Waals surface area (Å²) in [7, 11) is 0. The zero-order chi connectivity index (χ0) is 15.8. The lowest BCUT2D eigenvalue weighted by Gasteiger charge is -2.11. The maximum absolute atomic E-state index is 4.15. The second kappa shape index (κ2) is 8.43. The van der Waals surface area contributed by atoms with Crippen molar-refractivity contribution in [2.24, 2.45) is 0 Å². The van der Waals surface area contributed by atoms with Crippen molar-refractivity contribution in [2.75, 3.05) is 5.32 Å². The molecule has 0 aromatic heterocycles. The van der Waals surface area contributed by atoms with E-state index in [1.54, 1.807) is 0 Å². The topological polar surface area (TPSA) is 12.0 Å². The smallest absolute Gasteiger partial charge is 0.0384 e. The molecule has 0 spiro atoms. The highest BCUT2D eigenvalue weighted by Crippen LogP contribution is 2.19. The zero-order valence-electron chi connectivity index (χ0n) is 13.9. The van der Waals surface area contributed by atoms with Crippen molar-refractivity contribution >= 4 is 11.4 Å². The summed E-state index contributed by atoms with van der Waals surface area (Å²) in [5.74, 6) is 0. The van der Waals surface area contributed by atoms with E-state index in [1.165, 1.54) is 43.2 Å². The van der Waals surface area contributed by atoms with Gasteiger partial charge in [-0.1, -0.05) is 74.7 Å². The highest BCUT2D eigenvalue weighted by atomic mass is 14.9. The Morgan fingerprint density at radius 1 is 0.955 bits per heavy atom. The van der Waals surface area contributed by atoms with Crippen molar-refractivity contribution in [1.29, 1.82) is 0 Å². The molecule has 2 aromatic rings. The van der Waals surface area contributed by atoms with Crippen molar-refractivity contribution in [1.82, 2.24) is 0 Å². The van der Waals surface area contributed by atoms with Crippen molar-refractivity contribution in [3.05, 3.63) is 71.8 Å². The average molecular weight is 295 g/mol. The number of aryl methyl sites for hydroxylation is 2. The molecule has 2 aromatic carbocycles. The number of nitrogens with one attached hydrogen (secondary N) is 1. The van der Waals surface area contributed by atoms with E-state index in [2.05, 4.69) is 74.3 Å². The van der Waals surface area contributed by atoms with Crippen molar-refractivity contribution < 1.29 is 1.43 Å². The molecule has 0 heterocycles. The van der Waals surface area contributed by atoms with Crippen LogP contribution in [0.2, 0.25) is 0 Å². The highest BCUT2D eigenvalue weighted by molar-refractivity contribution is 5.75. The number of unbranched alkanes of at least 4 members (excludes halogenated alkanes) is 3. The van der Waals surface area contributed by atoms with Crippen molar-refractivity contribution in [3.63, 3.8) is 0 Å². The summed E-state index contributed by atoms with van der Waals surface area (Å²) in [5, 5.41) is 3.37. The summed E-state index contributed by atoms with van der Waals surface area (Å²) in [5.41, 5.74) is 5.87. The third-order valence-electron chi connectivity index (χ3n) is 3.97. The van der Waals surface area contributed by atoms with Crippen LogP contribution in [-0.2, 0) is 6.42 Å². The Morgan fingerprint density at radius 3 is 2.27 bits per heavy atom. The van der Waals surface area contributed by atoms with E-state index >= 15 is 0 Å². The van der Waals surface area contributed by atoms with Gasteiger partial charge in [0.2, 0.25) is 0 Å². The minimum absolute atomic E-state index is 0. The molecular weight excluding hydrogens is 266 g/mol. The first-order valence-electron chi connectivity index (χ1n) is 8.31. The first-order chi connectivity index (χ1) is 10.7. The summed E-state index contributed by atoms with van der Waals surface area (Å²) in [6.07, 6.45) is 6.44. The molecule has 0 amide bonds. The molecule has 1 heteroatoms. The van der Waals surface area contributed by atoms with Gasteiger partial charge in [-0.05, 0) is 43.0 Å². The highest BCUT2D eigenvalue weighted by Gasteiger charge is 2.00. The van der Waals surface area contributed by atoms with Crippen LogP contribution in [0.15, 0.2) is 55.1 Å². The zero-order valence-corrected chi connectivity index (χ0v) is 13.9. The van der Waals surface area contributed by atoms with E-state index in [4.69, 9.17) is 0 Å². The van der Waals surface area contributed by atoms with Gasteiger partial charge in [0, 0.05) is 12.8 Å². The molecule has 0 fully saturated rings. The molecule has 0 unspecified atom stereocenters. The minimum atomic E-state index is 0. The van der Waals surface area contributed by atoms with Gasteiger partial charge in [0.05, 0.1) is 0 Å².